The zero-order valence-electron chi connectivity index (χ0n) is 16.4. The standard InChI is InChI=1S/C20H30FN3O3S/c1-28(26,27)24-10-7-16(8-11-24)13-22-20(25)18-5-3-9-23(15-18)14-17-4-2-6-19(21)12-17/h2,4,6,12,16,18H,3,5,7-11,13-15H2,1H3,(H,22,25). The van der Waals surface area contributed by atoms with E-state index in [1.54, 1.807) is 12.1 Å². The summed E-state index contributed by atoms with van der Waals surface area (Å²) in [7, 11) is -3.12. The molecule has 1 aromatic rings. The fourth-order valence-electron chi connectivity index (χ4n) is 4.14. The van der Waals surface area contributed by atoms with Gasteiger partial charge in [-0.05, 0) is 55.8 Å². The summed E-state index contributed by atoms with van der Waals surface area (Å²) < 4.78 is 38.0. The predicted molar refractivity (Wildman–Crippen MR) is 107 cm³/mol. The molecule has 2 fully saturated rings. The first-order valence-electron chi connectivity index (χ1n) is 10.0. The van der Waals surface area contributed by atoms with Crippen molar-refractivity contribution in [1.29, 1.82) is 0 Å². The molecule has 1 N–H and O–H groups in total. The van der Waals surface area contributed by atoms with E-state index < -0.39 is 10.0 Å². The summed E-state index contributed by atoms with van der Waals surface area (Å²) in [5.41, 5.74) is 0.929. The van der Waals surface area contributed by atoms with Gasteiger partial charge in [-0.2, -0.15) is 0 Å². The third-order valence-corrected chi connectivity index (χ3v) is 7.08. The first kappa shape index (κ1) is 21.2. The average Bonchev–Trinajstić information content (AvgIpc) is 2.66. The van der Waals surface area contributed by atoms with E-state index in [0.29, 0.717) is 38.6 Å². The molecule has 0 spiro atoms. The number of likely N-dealkylation sites (tertiary alicyclic amines) is 1. The summed E-state index contributed by atoms with van der Waals surface area (Å²) in [5, 5.41) is 3.08. The van der Waals surface area contributed by atoms with Crippen molar-refractivity contribution in [2.75, 3.05) is 39.0 Å². The van der Waals surface area contributed by atoms with E-state index in [1.807, 2.05) is 6.07 Å². The number of benzene rings is 1. The molecule has 2 saturated heterocycles. The van der Waals surface area contributed by atoms with Crippen LogP contribution in [0.4, 0.5) is 4.39 Å². The molecular formula is C20H30FN3O3S. The van der Waals surface area contributed by atoms with Crippen molar-refractivity contribution >= 4 is 15.9 Å². The molecular weight excluding hydrogens is 381 g/mol. The van der Waals surface area contributed by atoms with Crippen molar-refractivity contribution < 1.29 is 17.6 Å². The predicted octanol–water partition coefficient (Wildman–Crippen LogP) is 1.83. The second kappa shape index (κ2) is 9.33. The van der Waals surface area contributed by atoms with Gasteiger partial charge in [0.05, 0.1) is 12.2 Å². The second-order valence-corrected chi connectivity index (χ2v) is 10.0. The normalized spacial score (nSPS) is 22.9. The lowest BCUT2D eigenvalue weighted by molar-refractivity contribution is -0.127. The fourth-order valence-corrected chi connectivity index (χ4v) is 5.02. The number of carbonyl (C=O) groups is 1. The Morgan fingerprint density at radius 3 is 2.64 bits per heavy atom. The smallest absolute Gasteiger partial charge is 0.224 e. The van der Waals surface area contributed by atoms with Crippen LogP contribution in [-0.4, -0.2) is 62.5 Å². The van der Waals surface area contributed by atoms with Gasteiger partial charge >= 0.3 is 0 Å². The van der Waals surface area contributed by atoms with Gasteiger partial charge in [-0.1, -0.05) is 12.1 Å². The molecule has 2 heterocycles. The van der Waals surface area contributed by atoms with Crippen LogP contribution in [0.3, 0.4) is 0 Å². The highest BCUT2D eigenvalue weighted by molar-refractivity contribution is 7.88. The van der Waals surface area contributed by atoms with Crippen molar-refractivity contribution in [3.05, 3.63) is 35.6 Å². The minimum absolute atomic E-state index is 0.0431. The number of rotatable bonds is 6. The van der Waals surface area contributed by atoms with Crippen LogP contribution in [0.5, 0.6) is 0 Å². The summed E-state index contributed by atoms with van der Waals surface area (Å²) in [6.07, 6.45) is 4.64. The Kier molecular flexibility index (Phi) is 7.06. The zero-order valence-corrected chi connectivity index (χ0v) is 17.3. The van der Waals surface area contributed by atoms with Gasteiger partial charge in [-0.15, -0.1) is 0 Å². The first-order valence-corrected chi connectivity index (χ1v) is 11.9. The van der Waals surface area contributed by atoms with E-state index in [9.17, 15) is 17.6 Å². The molecule has 156 valence electrons. The molecule has 2 aliphatic heterocycles. The summed E-state index contributed by atoms with van der Waals surface area (Å²) in [6.45, 7) is 3.94. The minimum Gasteiger partial charge on any atom is -0.356 e. The van der Waals surface area contributed by atoms with Crippen LogP contribution in [0.2, 0.25) is 0 Å². The van der Waals surface area contributed by atoms with Crippen LogP contribution in [0.25, 0.3) is 0 Å². The van der Waals surface area contributed by atoms with Gasteiger partial charge in [0.2, 0.25) is 15.9 Å². The highest BCUT2D eigenvalue weighted by Gasteiger charge is 2.28. The lowest BCUT2D eigenvalue weighted by atomic mass is 9.95. The molecule has 1 atom stereocenters. The number of carbonyl (C=O) groups excluding carboxylic acids is 1. The molecule has 0 aromatic heterocycles. The van der Waals surface area contributed by atoms with Crippen molar-refractivity contribution in [2.24, 2.45) is 11.8 Å². The van der Waals surface area contributed by atoms with E-state index in [0.717, 1.165) is 37.8 Å². The molecule has 0 aliphatic carbocycles. The number of nitrogens with one attached hydrogen (secondary N) is 1. The van der Waals surface area contributed by atoms with E-state index >= 15 is 0 Å². The third kappa shape index (κ3) is 5.99. The zero-order chi connectivity index (χ0) is 20.1. The van der Waals surface area contributed by atoms with Gasteiger partial charge in [-0.3, -0.25) is 9.69 Å². The fraction of sp³-hybridized carbons (Fsp3) is 0.650. The molecule has 8 heteroatoms. The summed E-state index contributed by atoms with van der Waals surface area (Å²) in [5.74, 6) is 0.132. The molecule has 0 bridgehead atoms. The second-order valence-electron chi connectivity index (χ2n) is 8.05. The molecule has 0 saturated carbocycles. The van der Waals surface area contributed by atoms with E-state index in [-0.39, 0.29) is 17.6 Å². The topological polar surface area (TPSA) is 69.7 Å². The van der Waals surface area contributed by atoms with Crippen LogP contribution in [-0.2, 0) is 21.4 Å². The molecule has 0 radical (unpaired) electrons. The number of piperidine rings is 2. The molecule has 1 unspecified atom stereocenters. The van der Waals surface area contributed by atoms with Crippen LogP contribution < -0.4 is 5.32 Å². The number of hydrogen-bond donors (Lipinski definition) is 1. The number of hydrogen-bond acceptors (Lipinski definition) is 4. The van der Waals surface area contributed by atoms with Gasteiger partial charge in [0, 0.05) is 32.7 Å². The molecule has 3 rings (SSSR count). The monoisotopic (exact) mass is 411 g/mol. The number of halogens is 1. The SMILES string of the molecule is CS(=O)(=O)N1CCC(CNC(=O)C2CCCN(Cc3cccc(F)c3)C2)CC1. The Hall–Kier alpha value is -1.51. The van der Waals surface area contributed by atoms with Gasteiger partial charge in [0.1, 0.15) is 5.82 Å². The van der Waals surface area contributed by atoms with Crippen molar-refractivity contribution in [3.63, 3.8) is 0 Å². The van der Waals surface area contributed by atoms with Crippen LogP contribution in [0.1, 0.15) is 31.2 Å². The first-order chi connectivity index (χ1) is 13.3. The molecule has 6 nitrogen and oxygen atoms in total. The summed E-state index contributed by atoms with van der Waals surface area (Å²) >= 11 is 0. The van der Waals surface area contributed by atoms with E-state index in [2.05, 4.69) is 10.2 Å². The molecule has 28 heavy (non-hydrogen) atoms. The Balaban J connectivity index is 1.43. The Bertz CT molecular complexity index is 779. The van der Waals surface area contributed by atoms with Crippen molar-refractivity contribution in [3.8, 4) is 0 Å². The minimum atomic E-state index is -3.12. The average molecular weight is 412 g/mol. The van der Waals surface area contributed by atoms with Gasteiger partial charge in [0.25, 0.3) is 0 Å². The van der Waals surface area contributed by atoms with Crippen LogP contribution in [0, 0.1) is 17.7 Å². The number of nitrogens with zero attached hydrogens (tertiary/aromatic N) is 2. The molecule has 1 amide bonds. The maximum atomic E-state index is 13.4. The number of amides is 1. The van der Waals surface area contributed by atoms with Crippen molar-refractivity contribution in [2.45, 2.75) is 32.2 Å². The Morgan fingerprint density at radius 2 is 1.96 bits per heavy atom. The quantitative estimate of drug-likeness (QED) is 0.775. The maximum absolute atomic E-state index is 13.4. The Morgan fingerprint density at radius 1 is 1.21 bits per heavy atom. The summed E-state index contributed by atoms with van der Waals surface area (Å²) in [4.78, 5) is 14.8. The Labute approximate surface area is 167 Å². The van der Waals surface area contributed by atoms with E-state index in [1.165, 1.54) is 16.6 Å². The molecule has 2 aliphatic rings. The van der Waals surface area contributed by atoms with E-state index in [4.69, 9.17) is 0 Å². The van der Waals surface area contributed by atoms with Crippen LogP contribution in [0.15, 0.2) is 24.3 Å². The van der Waals surface area contributed by atoms with Gasteiger partial charge in [-0.25, -0.2) is 17.1 Å². The van der Waals surface area contributed by atoms with Crippen molar-refractivity contribution in [1.82, 2.24) is 14.5 Å². The summed E-state index contributed by atoms with van der Waals surface area (Å²) in [6, 6.07) is 6.62. The highest BCUT2D eigenvalue weighted by Crippen LogP contribution is 2.21. The van der Waals surface area contributed by atoms with Gasteiger partial charge < -0.3 is 5.32 Å². The van der Waals surface area contributed by atoms with Gasteiger partial charge in [0.15, 0.2) is 0 Å². The third-order valence-electron chi connectivity index (χ3n) is 5.78. The number of sulfonamides is 1. The molecule has 1 aromatic carbocycles. The lowest BCUT2D eigenvalue weighted by Gasteiger charge is -2.33. The maximum Gasteiger partial charge on any atom is 0.224 e. The highest BCUT2D eigenvalue weighted by atomic mass is 32.2. The van der Waals surface area contributed by atoms with Crippen LogP contribution >= 0.6 is 0 Å². The largest absolute Gasteiger partial charge is 0.356 e. The lowest BCUT2D eigenvalue weighted by Crippen LogP contribution is -2.45.